The Kier molecular flexibility index (Phi) is 3.44. The Balaban J connectivity index is 2.36. The average Bonchev–Trinajstić information content (AvgIpc) is 2.61. The fraction of sp³-hybridized carbons (Fsp3) is 0.182. The van der Waals surface area contributed by atoms with E-state index in [1.165, 1.54) is 0 Å². The Morgan fingerprint density at radius 3 is 3.13 bits per heavy atom. The van der Waals surface area contributed by atoms with Crippen molar-refractivity contribution in [3.63, 3.8) is 0 Å². The molecule has 0 saturated carbocycles. The molecule has 0 aliphatic rings. The molecule has 0 unspecified atom stereocenters. The van der Waals surface area contributed by atoms with Gasteiger partial charge in [0.25, 0.3) is 0 Å². The van der Waals surface area contributed by atoms with Crippen molar-refractivity contribution in [3.05, 3.63) is 34.4 Å². The minimum absolute atomic E-state index is 0.643. The first-order valence-electron chi connectivity index (χ1n) is 4.67. The van der Waals surface area contributed by atoms with Gasteiger partial charge in [-0.2, -0.15) is 5.10 Å². The number of hydrogen-bond acceptors (Lipinski definition) is 1. The first-order valence-corrected chi connectivity index (χ1v) is 6.00. The van der Waals surface area contributed by atoms with Crippen LogP contribution in [0.25, 0.3) is 17.0 Å². The van der Waals surface area contributed by atoms with E-state index in [1.54, 1.807) is 0 Å². The fourth-order valence-electron chi connectivity index (χ4n) is 1.40. The third kappa shape index (κ3) is 2.41. The molecular weight excluding hydrogens is 275 g/mol. The van der Waals surface area contributed by atoms with Gasteiger partial charge in [0.05, 0.1) is 11.2 Å². The van der Waals surface area contributed by atoms with Crippen LogP contribution in [0.2, 0.25) is 0 Å². The maximum Gasteiger partial charge on any atom is 0.0924 e. The molecule has 1 heterocycles. The Morgan fingerprint density at radius 2 is 2.33 bits per heavy atom. The van der Waals surface area contributed by atoms with Crippen LogP contribution in [0.1, 0.15) is 12.1 Å². The maximum absolute atomic E-state index is 5.60. The number of H-pyrrole nitrogens is 1. The van der Waals surface area contributed by atoms with E-state index in [0.29, 0.717) is 5.88 Å². The first-order chi connectivity index (χ1) is 7.31. The van der Waals surface area contributed by atoms with Crippen LogP contribution in [0.4, 0.5) is 0 Å². The summed E-state index contributed by atoms with van der Waals surface area (Å²) < 4.78 is 1.05. The molecule has 0 atom stereocenters. The Hall–Kier alpha value is -0.800. The minimum atomic E-state index is 0.643. The molecule has 0 radical (unpaired) electrons. The van der Waals surface area contributed by atoms with Gasteiger partial charge in [-0.15, -0.1) is 11.6 Å². The van der Waals surface area contributed by atoms with Crippen LogP contribution in [-0.4, -0.2) is 16.1 Å². The molecule has 1 aromatic heterocycles. The second-order valence-electron chi connectivity index (χ2n) is 3.18. The fourth-order valence-corrected chi connectivity index (χ4v) is 1.89. The highest BCUT2D eigenvalue weighted by Gasteiger charge is 2.01. The zero-order valence-corrected chi connectivity index (χ0v) is 10.3. The summed E-state index contributed by atoms with van der Waals surface area (Å²) in [5.41, 5.74) is 2.00. The van der Waals surface area contributed by atoms with Crippen molar-refractivity contribution in [2.24, 2.45) is 0 Å². The molecule has 0 aliphatic carbocycles. The molecule has 15 heavy (non-hydrogen) atoms. The van der Waals surface area contributed by atoms with Gasteiger partial charge in [-0.25, -0.2) is 0 Å². The Bertz CT molecular complexity index is 490. The SMILES string of the molecule is ClCCC=Cc1n[nH]c2cc(Br)ccc12. The van der Waals surface area contributed by atoms with Gasteiger partial charge in [-0.05, 0) is 30.7 Å². The summed E-state index contributed by atoms with van der Waals surface area (Å²) in [6, 6.07) is 6.07. The van der Waals surface area contributed by atoms with Crippen molar-refractivity contribution in [1.29, 1.82) is 0 Å². The molecule has 1 aromatic carbocycles. The molecule has 78 valence electrons. The number of nitrogens with zero attached hydrogens (tertiary/aromatic N) is 1. The quantitative estimate of drug-likeness (QED) is 0.849. The lowest BCUT2D eigenvalue weighted by Gasteiger charge is -1.91. The number of alkyl halides is 1. The predicted octanol–water partition coefficient (Wildman–Crippen LogP) is 3.97. The summed E-state index contributed by atoms with van der Waals surface area (Å²) in [6.07, 6.45) is 4.90. The van der Waals surface area contributed by atoms with Gasteiger partial charge in [-0.3, -0.25) is 5.10 Å². The summed E-state index contributed by atoms with van der Waals surface area (Å²) in [5.74, 6) is 0.643. The van der Waals surface area contributed by atoms with Crippen molar-refractivity contribution < 1.29 is 0 Å². The Labute approximate surface area is 101 Å². The summed E-state index contributed by atoms with van der Waals surface area (Å²) in [4.78, 5) is 0. The minimum Gasteiger partial charge on any atom is -0.277 e. The van der Waals surface area contributed by atoms with Gasteiger partial charge in [0.2, 0.25) is 0 Å². The van der Waals surface area contributed by atoms with E-state index in [0.717, 1.165) is 27.5 Å². The van der Waals surface area contributed by atoms with E-state index >= 15 is 0 Å². The van der Waals surface area contributed by atoms with E-state index in [-0.39, 0.29) is 0 Å². The topological polar surface area (TPSA) is 28.7 Å². The smallest absolute Gasteiger partial charge is 0.0924 e. The van der Waals surface area contributed by atoms with Gasteiger partial charge >= 0.3 is 0 Å². The molecule has 0 bridgehead atoms. The van der Waals surface area contributed by atoms with Crippen molar-refractivity contribution in [1.82, 2.24) is 10.2 Å². The van der Waals surface area contributed by atoms with Crippen LogP contribution in [0.5, 0.6) is 0 Å². The van der Waals surface area contributed by atoms with Crippen LogP contribution in [0.15, 0.2) is 28.7 Å². The van der Waals surface area contributed by atoms with E-state index in [9.17, 15) is 0 Å². The zero-order chi connectivity index (χ0) is 10.7. The zero-order valence-electron chi connectivity index (χ0n) is 8.00. The lowest BCUT2D eigenvalue weighted by molar-refractivity contribution is 1.10. The van der Waals surface area contributed by atoms with Crippen LogP contribution < -0.4 is 0 Å². The molecule has 0 saturated heterocycles. The van der Waals surface area contributed by atoms with E-state index in [1.807, 2.05) is 30.4 Å². The number of aromatic nitrogens is 2. The number of halogens is 2. The molecule has 0 fully saturated rings. The number of benzene rings is 1. The first kappa shape index (κ1) is 10.7. The Morgan fingerprint density at radius 1 is 1.47 bits per heavy atom. The van der Waals surface area contributed by atoms with Crippen LogP contribution >= 0.6 is 27.5 Å². The second-order valence-corrected chi connectivity index (χ2v) is 4.47. The van der Waals surface area contributed by atoms with Crippen molar-refractivity contribution in [2.45, 2.75) is 6.42 Å². The average molecular weight is 286 g/mol. The second kappa shape index (κ2) is 4.81. The lowest BCUT2D eigenvalue weighted by Crippen LogP contribution is -1.73. The third-order valence-corrected chi connectivity index (χ3v) is 2.82. The summed E-state index contributed by atoms with van der Waals surface area (Å²) >= 11 is 9.02. The summed E-state index contributed by atoms with van der Waals surface area (Å²) in [5, 5.41) is 8.35. The van der Waals surface area contributed by atoms with Crippen LogP contribution in [0.3, 0.4) is 0 Å². The normalized spacial score (nSPS) is 11.6. The number of nitrogens with one attached hydrogen (secondary N) is 1. The standard InChI is InChI=1S/C11H10BrClN2/c12-8-4-5-9-10(3-1-2-6-13)14-15-11(9)7-8/h1,3-5,7H,2,6H2,(H,14,15). The summed E-state index contributed by atoms with van der Waals surface area (Å²) in [6.45, 7) is 0. The van der Waals surface area contributed by atoms with Crippen LogP contribution in [0, 0.1) is 0 Å². The number of hydrogen-bond donors (Lipinski definition) is 1. The monoisotopic (exact) mass is 284 g/mol. The van der Waals surface area contributed by atoms with Gasteiger partial charge < -0.3 is 0 Å². The van der Waals surface area contributed by atoms with Crippen molar-refractivity contribution in [3.8, 4) is 0 Å². The molecule has 4 heteroatoms. The third-order valence-electron chi connectivity index (χ3n) is 2.11. The van der Waals surface area contributed by atoms with Gasteiger partial charge in [0.15, 0.2) is 0 Å². The van der Waals surface area contributed by atoms with E-state index in [4.69, 9.17) is 11.6 Å². The molecule has 1 N–H and O–H groups in total. The van der Waals surface area contributed by atoms with Crippen molar-refractivity contribution in [2.75, 3.05) is 5.88 Å². The van der Waals surface area contributed by atoms with Crippen molar-refractivity contribution >= 4 is 44.5 Å². The van der Waals surface area contributed by atoms with E-state index < -0.39 is 0 Å². The number of rotatable bonds is 3. The molecule has 2 rings (SSSR count). The molecule has 2 aromatic rings. The molecule has 0 amide bonds. The molecular formula is C11H10BrClN2. The molecule has 0 spiro atoms. The largest absolute Gasteiger partial charge is 0.277 e. The predicted molar refractivity (Wildman–Crippen MR) is 68.2 cm³/mol. The molecule has 2 nitrogen and oxygen atoms in total. The van der Waals surface area contributed by atoms with Gasteiger partial charge in [0, 0.05) is 15.7 Å². The number of aromatic amines is 1. The highest BCUT2D eigenvalue weighted by molar-refractivity contribution is 9.10. The van der Waals surface area contributed by atoms with E-state index in [2.05, 4.69) is 26.1 Å². The highest BCUT2D eigenvalue weighted by Crippen LogP contribution is 2.21. The lowest BCUT2D eigenvalue weighted by atomic mass is 10.2. The molecule has 0 aliphatic heterocycles. The van der Waals surface area contributed by atoms with Crippen LogP contribution in [-0.2, 0) is 0 Å². The van der Waals surface area contributed by atoms with Gasteiger partial charge in [0.1, 0.15) is 0 Å². The maximum atomic E-state index is 5.60. The van der Waals surface area contributed by atoms with Gasteiger partial charge in [-0.1, -0.05) is 22.0 Å². The number of fused-ring (bicyclic) bond motifs is 1. The summed E-state index contributed by atoms with van der Waals surface area (Å²) in [7, 11) is 0. The highest BCUT2D eigenvalue weighted by atomic mass is 79.9. The number of allylic oxidation sites excluding steroid dienone is 1.